The van der Waals surface area contributed by atoms with Crippen molar-refractivity contribution in [2.45, 2.75) is 64.0 Å². The highest BCUT2D eigenvalue weighted by atomic mass is 16.2. The Bertz CT molecular complexity index is 284. The molecule has 1 amide bonds. The van der Waals surface area contributed by atoms with Gasteiger partial charge < -0.3 is 10.2 Å². The first-order chi connectivity index (χ1) is 8.04. The molecule has 1 N–H and O–H groups in total. The van der Waals surface area contributed by atoms with Crippen LogP contribution in [0, 0.1) is 5.92 Å². The Morgan fingerprint density at radius 3 is 2.59 bits per heavy atom. The van der Waals surface area contributed by atoms with Gasteiger partial charge in [0.1, 0.15) is 0 Å². The average Bonchev–Trinajstić information content (AvgIpc) is 2.76. The lowest BCUT2D eigenvalue weighted by atomic mass is 9.84. The van der Waals surface area contributed by atoms with Crippen molar-refractivity contribution in [3.05, 3.63) is 0 Å². The van der Waals surface area contributed by atoms with Crippen molar-refractivity contribution < 1.29 is 4.79 Å². The van der Waals surface area contributed by atoms with E-state index >= 15 is 0 Å². The lowest BCUT2D eigenvalue weighted by molar-refractivity contribution is -0.139. The van der Waals surface area contributed by atoms with Gasteiger partial charge in [0.05, 0.1) is 5.54 Å². The second-order valence-electron chi connectivity index (χ2n) is 6.11. The minimum Gasteiger partial charge on any atom is -0.341 e. The van der Waals surface area contributed by atoms with Crippen LogP contribution in [-0.4, -0.2) is 36.0 Å². The number of amides is 1. The molecule has 1 saturated carbocycles. The largest absolute Gasteiger partial charge is 0.341 e. The molecule has 3 heteroatoms. The van der Waals surface area contributed by atoms with Crippen LogP contribution in [0.1, 0.15) is 52.4 Å². The Labute approximate surface area is 105 Å². The maximum atomic E-state index is 12.6. The maximum Gasteiger partial charge on any atom is 0.242 e. The summed E-state index contributed by atoms with van der Waals surface area (Å²) in [5, 5.41) is 3.38. The van der Waals surface area contributed by atoms with Gasteiger partial charge in [-0.1, -0.05) is 19.8 Å². The molecule has 3 nitrogen and oxygen atoms in total. The van der Waals surface area contributed by atoms with Crippen LogP contribution in [0.25, 0.3) is 0 Å². The molecule has 3 unspecified atom stereocenters. The van der Waals surface area contributed by atoms with E-state index in [1.54, 1.807) is 0 Å². The lowest BCUT2D eigenvalue weighted by Gasteiger charge is -2.40. The van der Waals surface area contributed by atoms with Gasteiger partial charge in [-0.15, -0.1) is 0 Å². The number of nitrogens with one attached hydrogen (secondary N) is 1. The van der Waals surface area contributed by atoms with Gasteiger partial charge in [0.2, 0.25) is 5.91 Å². The van der Waals surface area contributed by atoms with Gasteiger partial charge in [0, 0.05) is 13.1 Å². The van der Waals surface area contributed by atoms with Crippen LogP contribution < -0.4 is 5.32 Å². The van der Waals surface area contributed by atoms with Crippen molar-refractivity contribution in [3.63, 3.8) is 0 Å². The molecule has 1 saturated heterocycles. The lowest BCUT2D eigenvalue weighted by Crippen LogP contribution is -2.55. The summed E-state index contributed by atoms with van der Waals surface area (Å²) < 4.78 is 0. The first-order valence-electron chi connectivity index (χ1n) is 7.07. The van der Waals surface area contributed by atoms with E-state index in [0.29, 0.717) is 17.9 Å². The van der Waals surface area contributed by atoms with Crippen LogP contribution in [0.2, 0.25) is 0 Å². The summed E-state index contributed by atoms with van der Waals surface area (Å²) in [7, 11) is 2.00. The highest BCUT2D eigenvalue weighted by Gasteiger charge is 2.40. The second kappa shape index (κ2) is 4.97. The molecule has 0 aromatic heterocycles. The Hall–Kier alpha value is -0.570. The average molecular weight is 238 g/mol. The summed E-state index contributed by atoms with van der Waals surface area (Å²) in [5.41, 5.74) is -0.300. The van der Waals surface area contributed by atoms with E-state index in [-0.39, 0.29) is 5.54 Å². The van der Waals surface area contributed by atoms with Gasteiger partial charge in [-0.05, 0) is 45.1 Å². The fourth-order valence-electron chi connectivity index (χ4n) is 3.49. The Balaban J connectivity index is 2.03. The quantitative estimate of drug-likeness (QED) is 0.799. The first-order valence-corrected chi connectivity index (χ1v) is 7.07. The first kappa shape index (κ1) is 12.9. The molecule has 2 rings (SSSR count). The molecule has 98 valence electrons. The van der Waals surface area contributed by atoms with Crippen LogP contribution in [0.5, 0.6) is 0 Å². The van der Waals surface area contributed by atoms with Crippen molar-refractivity contribution in [2.24, 2.45) is 5.92 Å². The van der Waals surface area contributed by atoms with E-state index in [4.69, 9.17) is 0 Å². The maximum absolute atomic E-state index is 12.6. The molecule has 0 aromatic rings. The third kappa shape index (κ3) is 2.49. The topological polar surface area (TPSA) is 32.3 Å². The van der Waals surface area contributed by atoms with Crippen LogP contribution in [0.3, 0.4) is 0 Å². The van der Waals surface area contributed by atoms with Crippen molar-refractivity contribution in [3.8, 4) is 0 Å². The van der Waals surface area contributed by atoms with Crippen molar-refractivity contribution >= 4 is 5.91 Å². The zero-order chi connectivity index (χ0) is 12.5. The zero-order valence-electron chi connectivity index (χ0n) is 11.5. The SMILES string of the molecule is CC1CCCCC1N(C)C(=O)C1(C)CCCN1. The summed E-state index contributed by atoms with van der Waals surface area (Å²) in [5.74, 6) is 0.955. The molecule has 2 fully saturated rings. The molecule has 1 heterocycles. The number of carbonyl (C=O) groups excluding carboxylic acids is 1. The Morgan fingerprint density at radius 2 is 2.00 bits per heavy atom. The molecule has 2 aliphatic rings. The normalized spacial score (nSPS) is 38.1. The van der Waals surface area contributed by atoms with Gasteiger partial charge in [-0.2, -0.15) is 0 Å². The number of rotatable bonds is 2. The summed E-state index contributed by atoms with van der Waals surface area (Å²) in [6, 6.07) is 0.454. The monoisotopic (exact) mass is 238 g/mol. The number of hydrogen-bond donors (Lipinski definition) is 1. The third-order valence-corrected chi connectivity index (χ3v) is 4.72. The van der Waals surface area contributed by atoms with E-state index in [0.717, 1.165) is 19.4 Å². The Morgan fingerprint density at radius 1 is 1.29 bits per heavy atom. The van der Waals surface area contributed by atoms with E-state index in [9.17, 15) is 4.79 Å². The molecular weight excluding hydrogens is 212 g/mol. The van der Waals surface area contributed by atoms with Crippen molar-refractivity contribution in [1.29, 1.82) is 0 Å². The van der Waals surface area contributed by atoms with Crippen LogP contribution in [0.15, 0.2) is 0 Å². The predicted molar refractivity (Wildman–Crippen MR) is 69.8 cm³/mol. The van der Waals surface area contributed by atoms with E-state index < -0.39 is 0 Å². The van der Waals surface area contributed by atoms with Gasteiger partial charge >= 0.3 is 0 Å². The summed E-state index contributed by atoms with van der Waals surface area (Å²) >= 11 is 0. The van der Waals surface area contributed by atoms with Gasteiger partial charge in [0.25, 0.3) is 0 Å². The van der Waals surface area contributed by atoms with Crippen molar-refractivity contribution in [1.82, 2.24) is 10.2 Å². The molecule has 3 atom stereocenters. The summed E-state index contributed by atoms with van der Waals surface area (Å²) in [6.45, 7) is 5.33. The van der Waals surface area contributed by atoms with Crippen LogP contribution in [-0.2, 0) is 4.79 Å². The second-order valence-corrected chi connectivity index (χ2v) is 6.11. The zero-order valence-corrected chi connectivity index (χ0v) is 11.5. The molecule has 0 aromatic carbocycles. The smallest absolute Gasteiger partial charge is 0.242 e. The summed E-state index contributed by atoms with van der Waals surface area (Å²) in [4.78, 5) is 14.6. The standard InChI is InChI=1S/C14H26N2O/c1-11-7-4-5-8-12(11)16(3)13(17)14(2)9-6-10-15-14/h11-12,15H,4-10H2,1-3H3. The van der Waals surface area contributed by atoms with Gasteiger partial charge in [0.15, 0.2) is 0 Å². The van der Waals surface area contributed by atoms with Crippen LogP contribution in [0.4, 0.5) is 0 Å². The molecule has 0 spiro atoms. The third-order valence-electron chi connectivity index (χ3n) is 4.72. The molecular formula is C14H26N2O. The number of likely N-dealkylation sites (N-methyl/N-ethyl adjacent to an activating group) is 1. The van der Waals surface area contributed by atoms with E-state index in [1.165, 1.54) is 25.7 Å². The minimum absolute atomic E-state index is 0.300. The van der Waals surface area contributed by atoms with Gasteiger partial charge in [-0.25, -0.2) is 0 Å². The van der Waals surface area contributed by atoms with Crippen molar-refractivity contribution in [2.75, 3.05) is 13.6 Å². The predicted octanol–water partition coefficient (Wildman–Crippen LogP) is 2.17. The fraction of sp³-hybridized carbons (Fsp3) is 0.929. The van der Waals surface area contributed by atoms with Gasteiger partial charge in [-0.3, -0.25) is 4.79 Å². The highest BCUT2D eigenvalue weighted by Crippen LogP contribution is 2.30. The number of carbonyl (C=O) groups is 1. The molecule has 0 radical (unpaired) electrons. The minimum atomic E-state index is -0.300. The molecule has 17 heavy (non-hydrogen) atoms. The van der Waals surface area contributed by atoms with E-state index in [1.807, 2.05) is 11.9 Å². The van der Waals surface area contributed by atoms with E-state index in [2.05, 4.69) is 19.2 Å². The highest BCUT2D eigenvalue weighted by molar-refractivity contribution is 5.86. The Kier molecular flexibility index (Phi) is 3.76. The molecule has 1 aliphatic carbocycles. The molecule has 0 bridgehead atoms. The number of hydrogen-bond acceptors (Lipinski definition) is 2. The van der Waals surface area contributed by atoms with Crippen LogP contribution >= 0.6 is 0 Å². The summed E-state index contributed by atoms with van der Waals surface area (Å²) in [6.07, 6.45) is 7.16. The molecule has 1 aliphatic heterocycles. The number of nitrogens with zero attached hydrogens (tertiary/aromatic N) is 1. The fourth-order valence-corrected chi connectivity index (χ4v) is 3.49.